The van der Waals surface area contributed by atoms with E-state index in [1.807, 2.05) is 24.3 Å². The van der Waals surface area contributed by atoms with E-state index in [0.717, 1.165) is 37.2 Å². The third-order valence-electron chi connectivity index (χ3n) is 4.57. The van der Waals surface area contributed by atoms with Crippen molar-refractivity contribution in [3.05, 3.63) is 48.0 Å². The van der Waals surface area contributed by atoms with Gasteiger partial charge in [0.05, 0.1) is 19.8 Å². The Bertz CT molecular complexity index is 775. The molecule has 0 spiro atoms. The van der Waals surface area contributed by atoms with Gasteiger partial charge in [0.15, 0.2) is 11.5 Å². The van der Waals surface area contributed by atoms with Crippen LogP contribution < -0.4 is 19.7 Å². The second-order valence-corrected chi connectivity index (χ2v) is 6.41. The van der Waals surface area contributed by atoms with Gasteiger partial charge in [0.1, 0.15) is 0 Å². The lowest BCUT2D eigenvalue weighted by Crippen LogP contribution is -2.36. The first-order chi connectivity index (χ1) is 12.3. The third-order valence-corrected chi connectivity index (χ3v) is 4.57. The number of carbonyl (C=O) groups is 1. The second-order valence-electron chi connectivity index (χ2n) is 6.41. The van der Waals surface area contributed by atoms with Crippen molar-refractivity contribution in [2.24, 2.45) is 0 Å². The van der Waals surface area contributed by atoms with Gasteiger partial charge in [0, 0.05) is 30.4 Å². The van der Waals surface area contributed by atoms with Crippen LogP contribution >= 0.6 is 0 Å². The molecule has 0 atom stereocenters. The molecule has 1 amide bonds. The van der Waals surface area contributed by atoms with Gasteiger partial charge in [-0.3, -0.25) is 4.79 Å². The molecule has 4 rings (SSSR count). The molecule has 0 fully saturated rings. The number of aryl methyl sites for hydroxylation is 1. The van der Waals surface area contributed by atoms with Crippen molar-refractivity contribution >= 4 is 17.3 Å². The molecule has 0 aromatic heterocycles. The standard InChI is InChI=1S/C20H22N2O3/c23-20(14-22-10-3-6-15-5-1-2-7-17(15)22)21-16-8-9-18-19(13-16)25-12-4-11-24-18/h1-2,5,7-9,13H,3-4,6,10-12,14H2,(H,21,23). The Kier molecular flexibility index (Phi) is 4.46. The molecule has 2 aromatic rings. The summed E-state index contributed by atoms with van der Waals surface area (Å²) < 4.78 is 11.3. The quantitative estimate of drug-likeness (QED) is 0.933. The maximum Gasteiger partial charge on any atom is 0.243 e. The van der Waals surface area contributed by atoms with Gasteiger partial charge in [-0.05, 0) is 36.6 Å². The van der Waals surface area contributed by atoms with E-state index in [0.29, 0.717) is 25.5 Å². The molecular weight excluding hydrogens is 316 g/mol. The highest BCUT2D eigenvalue weighted by molar-refractivity contribution is 5.94. The fourth-order valence-electron chi connectivity index (χ4n) is 3.39. The Hall–Kier alpha value is -2.69. The summed E-state index contributed by atoms with van der Waals surface area (Å²) >= 11 is 0. The highest BCUT2D eigenvalue weighted by Crippen LogP contribution is 2.32. The average molecular weight is 338 g/mol. The van der Waals surface area contributed by atoms with Gasteiger partial charge in [-0.25, -0.2) is 0 Å². The van der Waals surface area contributed by atoms with E-state index in [-0.39, 0.29) is 5.91 Å². The van der Waals surface area contributed by atoms with Crippen molar-refractivity contribution in [3.8, 4) is 11.5 Å². The Morgan fingerprint density at radius 1 is 1.04 bits per heavy atom. The highest BCUT2D eigenvalue weighted by atomic mass is 16.5. The summed E-state index contributed by atoms with van der Waals surface area (Å²) in [6, 6.07) is 13.9. The van der Waals surface area contributed by atoms with Crippen LogP contribution in [0.25, 0.3) is 0 Å². The van der Waals surface area contributed by atoms with E-state index in [9.17, 15) is 4.79 Å². The van der Waals surface area contributed by atoms with Gasteiger partial charge in [0.2, 0.25) is 5.91 Å². The summed E-state index contributed by atoms with van der Waals surface area (Å²) in [4.78, 5) is 14.7. The van der Waals surface area contributed by atoms with E-state index in [2.05, 4.69) is 28.4 Å². The highest BCUT2D eigenvalue weighted by Gasteiger charge is 2.19. The topological polar surface area (TPSA) is 50.8 Å². The Morgan fingerprint density at radius 2 is 1.88 bits per heavy atom. The molecule has 25 heavy (non-hydrogen) atoms. The lowest BCUT2D eigenvalue weighted by molar-refractivity contribution is -0.115. The maximum atomic E-state index is 12.5. The lowest BCUT2D eigenvalue weighted by Gasteiger charge is -2.30. The molecule has 5 nitrogen and oxygen atoms in total. The third kappa shape index (κ3) is 3.55. The summed E-state index contributed by atoms with van der Waals surface area (Å²) in [7, 11) is 0. The number of nitrogens with one attached hydrogen (secondary N) is 1. The predicted molar refractivity (Wildman–Crippen MR) is 97.7 cm³/mol. The van der Waals surface area contributed by atoms with E-state index in [1.54, 1.807) is 0 Å². The molecule has 2 aliphatic rings. The number of nitrogens with zero attached hydrogens (tertiary/aromatic N) is 1. The molecule has 0 saturated heterocycles. The molecule has 0 aliphatic carbocycles. The van der Waals surface area contributed by atoms with E-state index < -0.39 is 0 Å². The van der Waals surface area contributed by atoms with Crippen molar-refractivity contribution in [1.29, 1.82) is 0 Å². The molecule has 2 aliphatic heterocycles. The minimum atomic E-state index is -0.0220. The van der Waals surface area contributed by atoms with Crippen molar-refractivity contribution in [2.45, 2.75) is 19.3 Å². The first kappa shape index (κ1) is 15.8. The molecule has 0 bridgehead atoms. The number of para-hydroxylation sites is 1. The Morgan fingerprint density at radius 3 is 2.80 bits per heavy atom. The van der Waals surface area contributed by atoms with Gasteiger partial charge in [-0.2, -0.15) is 0 Å². The first-order valence-electron chi connectivity index (χ1n) is 8.82. The van der Waals surface area contributed by atoms with Gasteiger partial charge in [0.25, 0.3) is 0 Å². The normalized spacial score (nSPS) is 15.9. The van der Waals surface area contributed by atoms with E-state index in [4.69, 9.17) is 9.47 Å². The molecule has 2 aromatic carbocycles. The monoisotopic (exact) mass is 338 g/mol. The van der Waals surface area contributed by atoms with Crippen LogP contribution in [0.1, 0.15) is 18.4 Å². The molecule has 1 N–H and O–H groups in total. The number of ether oxygens (including phenoxy) is 2. The Labute approximate surface area is 147 Å². The number of hydrogen-bond acceptors (Lipinski definition) is 4. The van der Waals surface area contributed by atoms with Gasteiger partial charge in [-0.15, -0.1) is 0 Å². The number of anilines is 2. The van der Waals surface area contributed by atoms with Crippen LogP contribution in [0.5, 0.6) is 11.5 Å². The summed E-state index contributed by atoms with van der Waals surface area (Å²) in [5, 5.41) is 2.97. The zero-order valence-corrected chi connectivity index (χ0v) is 14.2. The van der Waals surface area contributed by atoms with Crippen LogP contribution in [0, 0.1) is 0 Å². The van der Waals surface area contributed by atoms with Crippen LogP contribution in [0.15, 0.2) is 42.5 Å². The molecule has 130 valence electrons. The lowest BCUT2D eigenvalue weighted by atomic mass is 10.0. The number of fused-ring (bicyclic) bond motifs is 2. The Balaban J connectivity index is 1.44. The molecule has 5 heteroatoms. The van der Waals surface area contributed by atoms with E-state index >= 15 is 0 Å². The maximum absolute atomic E-state index is 12.5. The smallest absolute Gasteiger partial charge is 0.243 e. The van der Waals surface area contributed by atoms with Crippen molar-refractivity contribution < 1.29 is 14.3 Å². The molecule has 2 heterocycles. The zero-order valence-electron chi connectivity index (χ0n) is 14.2. The molecule has 0 saturated carbocycles. The fourth-order valence-corrected chi connectivity index (χ4v) is 3.39. The summed E-state index contributed by atoms with van der Waals surface area (Å²) in [5.41, 5.74) is 3.22. The summed E-state index contributed by atoms with van der Waals surface area (Å²) in [6.07, 6.45) is 3.02. The van der Waals surface area contributed by atoms with Crippen LogP contribution in [0.3, 0.4) is 0 Å². The van der Waals surface area contributed by atoms with Crippen LogP contribution in [0.2, 0.25) is 0 Å². The molecule has 0 radical (unpaired) electrons. The SMILES string of the molecule is O=C(CN1CCCc2ccccc21)Nc1ccc2c(c1)OCCCO2. The number of benzene rings is 2. The minimum Gasteiger partial charge on any atom is -0.490 e. The van der Waals surface area contributed by atoms with Gasteiger partial charge < -0.3 is 19.7 Å². The van der Waals surface area contributed by atoms with Crippen molar-refractivity contribution in [1.82, 2.24) is 0 Å². The van der Waals surface area contributed by atoms with Crippen LogP contribution in [-0.4, -0.2) is 32.2 Å². The van der Waals surface area contributed by atoms with E-state index in [1.165, 1.54) is 11.3 Å². The number of amides is 1. The van der Waals surface area contributed by atoms with Crippen LogP contribution in [-0.2, 0) is 11.2 Å². The van der Waals surface area contributed by atoms with Gasteiger partial charge in [-0.1, -0.05) is 18.2 Å². The summed E-state index contributed by atoms with van der Waals surface area (Å²) in [6.45, 7) is 2.55. The first-order valence-corrected chi connectivity index (χ1v) is 8.82. The number of carbonyl (C=O) groups excluding carboxylic acids is 1. The fraction of sp³-hybridized carbons (Fsp3) is 0.350. The number of hydrogen-bond donors (Lipinski definition) is 1. The second kappa shape index (κ2) is 7.05. The van der Waals surface area contributed by atoms with Crippen molar-refractivity contribution in [3.63, 3.8) is 0 Å². The summed E-state index contributed by atoms with van der Waals surface area (Å²) in [5.74, 6) is 1.41. The average Bonchev–Trinajstić information content (AvgIpc) is 2.87. The molecule has 0 unspecified atom stereocenters. The van der Waals surface area contributed by atoms with Crippen molar-refractivity contribution in [2.75, 3.05) is 36.5 Å². The van der Waals surface area contributed by atoms with Crippen LogP contribution in [0.4, 0.5) is 11.4 Å². The molecular formula is C20H22N2O3. The predicted octanol–water partition coefficient (Wildman–Crippen LogP) is 3.24. The largest absolute Gasteiger partial charge is 0.490 e. The zero-order chi connectivity index (χ0) is 17.1. The minimum absolute atomic E-state index is 0.0220. The number of rotatable bonds is 3. The van der Waals surface area contributed by atoms with Gasteiger partial charge >= 0.3 is 0 Å².